The number of aliphatic carboxylic acids is 1. The fourth-order valence-corrected chi connectivity index (χ4v) is 2.14. The Hall–Kier alpha value is -2.36. The van der Waals surface area contributed by atoms with Gasteiger partial charge in [-0.15, -0.1) is 0 Å². The molecule has 0 heterocycles. The molecule has 2 rings (SSSR count). The third-order valence-electron chi connectivity index (χ3n) is 3.39. The number of benzene rings is 2. The van der Waals surface area contributed by atoms with Crippen LogP contribution in [-0.4, -0.2) is 23.0 Å². The molecule has 4 heteroatoms. The smallest absolute Gasteiger partial charge is 0.326 e. The summed E-state index contributed by atoms with van der Waals surface area (Å²) < 4.78 is 0. The Bertz CT molecular complexity index is 664. The van der Waals surface area contributed by atoms with E-state index in [9.17, 15) is 14.7 Å². The molecule has 0 saturated carbocycles. The number of hydrogen-bond acceptors (Lipinski definition) is 2. The molecular weight excluding hydrogens is 266 g/mol. The lowest BCUT2D eigenvalue weighted by Crippen LogP contribution is -2.44. The van der Waals surface area contributed by atoms with Crippen LogP contribution in [0.5, 0.6) is 0 Å². The van der Waals surface area contributed by atoms with Crippen LogP contribution in [0, 0.1) is 5.92 Å². The van der Waals surface area contributed by atoms with Gasteiger partial charge in [-0.3, -0.25) is 4.79 Å². The van der Waals surface area contributed by atoms with E-state index < -0.39 is 12.0 Å². The van der Waals surface area contributed by atoms with Crippen molar-refractivity contribution in [3.63, 3.8) is 0 Å². The highest BCUT2D eigenvalue weighted by atomic mass is 16.4. The van der Waals surface area contributed by atoms with E-state index in [4.69, 9.17) is 0 Å². The van der Waals surface area contributed by atoms with Crippen molar-refractivity contribution in [3.05, 3.63) is 48.0 Å². The SMILES string of the molecule is CC(C)C(=O)N[C@H](Cc1ccc2ccccc2c1)C(=O)O. The summed E-state index contributed by atoms with van der Waals surface area (Å²) in [5.74, 6) is -1.50. The summed E-state index contributed by atoms with van der Waals surface area (Å²) in [6.07, 6.45) is 0.276. The summed E-state index contributed by atoms with van der Waals surface area (Å²) in [6.45, 7) is 3.48. The Morgan fingerprint density at radius 1 is 1.10 bits per heavy atom. The van der Waals surface area contributed by atoms with Gasteiger partial charge in [0.2, 0.25) is 5.91 Å². The average Bonchev–Trinajstić information content (AvgIpc) is 2.46. The van der Waals surface area contributed by atoms with Crippen LogP contribution in [-0.2, 0) is 16.0 Å². The predicted octanol–water partition coefficient (Wildman–Crippen LogP) is 2.61. The van der Waals surface area contributed by atoms with Gasteiger partial charge in [-0.05, 0) is 16.3 Å². The molecule has 21 heavy (non-hydrogen) atoms. The van der Waals surface area contributed by atoms with Gasteiger partial charge in [-0.2, -0.15) is 0 Å². The highest BCUT2D eigenvalue weighted by Crippen LogP contribution is 2.16. The lowest BCUT2D eigenvalue weighted by atomic mass is 10.0. The second-order valence-electron chi connectivity index (χ2n) is 5.44. The van der Waals surface area contributed by atoms with E-state index in [1.807, 2.05) is 42.5 Å². The molecule has 0 aliphatic heterocycles. The molecular formula is C17H19NO3. The number of carboxylic acids is 1. The van der Waals surface area contributed by atoms with E-state index in [0.29, 0.717) is 0 Å². The van der Waals surface area contributed by atoms with Crippen LogP contribution >= 0.6 is 0 Å². The number of nitrogens with one attached hydrogen (secondary N) is 1. The van der Waals surface area contributed by atoms with E-state index in [-0.39, 0.29) is 18.2 Å². The maximum absolute atomic E-state index is 11.7. The highest BCUT2D eigenvalue weighted by Gasteiger charge is 2.21. The zero-order valence-electron chi connectivity index (χ0n) is 12.2. The number of rotatable bonds is 5. The number of carbonyl (C=O) groups is 2. The number of carbonyl (C=O) groups excluding carboxylic acids is 1. The lowest BCUT2D eigenvalue weighted by Gasteiger charge is -2.16. The molecule has 0 bridgehead atoms. The molecule has 2 aromatic carbocycles. The molecule has 0 aliphatic rings. The molecule has 0 spiro atoms. The third-order valence-corrected chi connectivity index (χ3v) is 3.39. The van der Waals surface area contributed by atoms with Crippen LogP contribution in [0.4, 0.5) is 0 Å². The molecule has 0 fully saturated rings. The second-order valence-corrected chi connectivity index (χ2v) is 5.44. The maximum Gasteiger partial charge on any atom is 0.326 e. The Balaban J connectivity index is 2.18. The van der Waals surface area contributed by atoms with Crippen LogP contribution in [0.1, 0.15) is 19.4 Å². The van der Waals surface area contributed by atoms with Crippen molar-refractivity contribution in [1.82, 2.24) is 5.32 Å². The van der Waals surface area contributed by atoms with E-state index in [1.165, 1.54) is 0 Å². The van der Waals surface area contributed by atoms with Crippen LogP contribution < -0.4 is 5.32 Å². The van der Waals surface area contributed by atoms with Crippen molar-refractivity contribution in [3.8, 4) is 0 Å². The third kappa shape index (κ3) is 3.81. The predicted molar refractivity (Wildman–Crippen MR) is 82.1 cm³/mol. The molecule has 0 aromatic heterocycles. The molecule has 0 aliphatic carbocycles. The van der Waals surface area contributed by atoms with Crippen molar-refractivity contribution in [1.29, 1.82) is 0 Å². The number of carboxylic acid groups (broad SMARTS) is 1. The normalized spacial score (nSPS) is 12.3. The summed E-state index contributed by atoms with van der Waals surface area (Å²) in [4.78, 5) is 23.0. The van der Waals surface area contributed by atoms with Gasteiger partial charge in [0.05, 0.1) is 0 Å². The van der Waals surface area contributed by atoms with Gasteiger partial charge < -0.3 is 10.4 Å². The van der Waals surface area contributed by atoms with Crippen molar-refractivity contribution in [2.45, 2.75) is 26.3 Å². The molecule has 2 aromatic rings. The zero-order valence-corrected chi connectivity index (χ0v) is 12.2. The fourth-order valence-electron chi connectivity index (χ4n) is 2.14. The molecule has 0 unspecified atom stereocenters. The Labute approximate surface area is 123 Å². The minimum absolute atomic E-state index is 0.233. The quantitative estimate of drug-likeness (QED) is 0.887. The first-order valence-electron chi connectivity index (χ1n) is 6.98. The molecule has 4 nitrogen and oxygen atoms in total. The van der Waals surface area contributed by atoms with Crippen molar-refractivity contribution < 1.29 is 14.7 Å². The minimum Gasteiger partial charge on any atom is -0.480 e. The van der Waals surface area contributed by atoms with E-state index >= 15 is 0 Å². The topological polar surface area (TPSA) is 66.4 Å². The molecule has 0 radical (unpaired) electrons. The van der Waals surface area contributed by atoms with Crippen LogP contribution in [0.25, 0.3) is 10.8 Å². The van der Waals surface area contributed by atoms with Gasteiger partial charge in [0.25, 0.3) is 0 Å². The van der Waals surface area contributed by atoms with Crippen molar-refractivity contribution in [2.24, 2.45) is 5.92 Å². The molecule has 2 N–H and O–H groups in total. The van der Waals surface area contributed by atoms with Crippen molar-refractivity contribution in [2.75, 3.05) is 0 Å². The Morgan fingerprint density at radius 2 is 1.76 bits per heavy atom. The maximum atomic E-state index is 11.7. The molecule has 1 atom stereocenters. The molecule has 1 amide bonds. The first-order chi connectivity index (χ1) is 9.97. The van der Waals surface area contributed by atoms with Gasteiger partial charge in [0, 0.05) is 12.3 Å². The first-order valence-corrected chi connectivity index (χ1v) is 6.98. The van der Waals surface area contributed by atoms with Gasteiger partial charge in [-0.25, -0.2) is 4.79 Å². The van der Waals surface area contributed by atoms with Gasteiger partial charge in [0.15, 0.2) is 0 Å². The summed E-state index contributed by atoms with van der Waals surface area (Å²) >= 11 is 0. The first kappa shape index (κ1) is 15.0. The summed E-state index contributed by atoms with van der Waals surface area (Å²) in [5.41, 5.74) is 0.894. The average molecular weight is 285 g/mol. The van der Waals surface area contributed by atoms with Crippen LogP contribution in [0.2, 0.25) is 0 Å². The zero-order chi connectivity index (χ0) is 15.4. The molecule has 110 valence electrons. The molecule has 0 saturated heterocycles. The summed E-state index contributed by atoms with van der Waals surface area (Å²) in [5, 5.41) is 14.0. The summed E-state index contributed by atoms with van der Waals surface area (Å²) in [6, 6.07) is 12.8. The number of fused-ring (bicyclic) bond motifs is 1. The van der Waals surface area contributed by atoms with Gasteiger partial charge >= 0.3 is 5.97 Å². The van der Waals surface area contributed by atoms with Gasteiger partial charge in [-0.1, -0.05) is 56.3 Å². The highest BCUT2D eigenvalue weighted by molar-refractivity contribution is 5.85. The van der Waals surface area contributed by atoms with Gasteiger partial charge in [0.1, 0.15) is 6.04 Å². The number of amides is 1. The van der Waals surface area contributed by atoms with E-state index in [0.717, 1.165) is 16.3 Å². The number of hydrogen-bond donors (Lipinski definition) is 2. The Morgan fingerprint density at radius 3 is 2.38 bits per heavy atom. The summed E-state index contributed by atoms with van der Waals surface area (Å²) in [7, 11) is 0. The van der Waals surface area contributed by atoms with E-state index in [2.05, 4.69) is 5.32 Å². The monoisotopic (exact) mass is 285 g/mol. The van der Waals surface area contributed by atoms with E-state index in [1.54, 1.807) is 13.8 Å². The van der Waals surface area contributed by atoms with Crippen LogP contribution in [0.15, 0.2) is 42.5 Å². The largest absolute Gasteiger partial charge is 0.480 e. The van der Waals surface area contributed by atoms with Crippen LogP contribution in [0.3, 0.4) is 0 Å². The lowest BCUT2D eigenvalue weighted by molar-refractivity contribution is -0.142. The van der Waals surface area contributed by atoms with Crippen molar-refractivity contribution >= 4 is 22.6 Å². The standard InChI is InChI=1S/C17H19NO3/c1-11(2)16(19)18-15(17(20)21)10-12-7-8-13-5-3-4-6-14(13)9-12/h3-9,11,15H,10H2,1-2H3,(H,18,19)(H,20,21)/t15-/m1/s1. The minimum atomic E-state index is -1.02. The second kappa shape index (κ2) is 6.39. The Kier molecular flexibility index (Phi) is 4.58. The fraction of sp³-hybridized carbons (Fsp3) is 0.294.